The highest BCUT2D eigenvalue weighted by atomic mass is 28.4. The van der Waals surface area contributed by atoms with Crippen LogP contribution < -0.4 is 5.49 Å². The number of imidazole rings is 1. The number of nitrogens with zero attached hydrogens (tertiary/aromatic N) is 4. The summed E-state index contributed by atoms with van der Waals surface area (Å²) in [6.07, 6.45) is -1.10. The van der Waals surface area contributed by atoms with Crippen LogP contribution in [0.1, 0.15) is 42.9 Å². The molecule has 238 valence electrons. The van der Waals surface area contributed by atoms with Gasteiger partial charge in [-0.25, -0.2) is 14.8 Å². The molecule has 12 nitrogen and oxygen atoms in total. The molecule has 3 heterocycles. The minimum atomic E-state index is -2.63. The number of hydrogen-bond donors (Lipinski definition) is 2. The van der Waals surface area contributed by atoms with E-state index in [1.54, 1.807) is 30.3 Å². The molecule has 2 aromatic heterocycles. The van der Waals surface area contributed by atoms with Gasteiger partial charge in [0.1, 0.15) is 24.1 Å². The Kier molecular flexibility index (Phi) is 9.19. The zero-order valence-electron chi connectivity index (χ0n) is 26.3. The zero-order chi connectivity index (χ0) is 32.4. The third kappa shape index (κ3) is 6.40. The summed E-state index contributed by atoms with van der Waals surface area (Å²) in [4.78, 5) is 43.0. The number of aromatic nitrogens is 4. The van der Waals surface area contributed by atoms with Crippen molar-refractivity contribution in [3.05, 3.63) is 89.9 Å². The van der Waals surface area contributed by atoms with Crippen LogP contribution in [0.4, 0.5) is 0 Å². The van der Waals surface area contributed by atoms with Gasteiger partial charge >= 0.3 is 5.97 Å². The van der Waals surface area contributed by atoms with Gasteiger partial charge in [0.05, 0.1) is 26.7 Å². The molecule has 0 saturated carbocycles. The van der Waals surface area contributed by atoms with Crippen molar-refractivity contribution in [2.75, 3.05) is 13.7 Å². The Morgan fingerprint density at radius 1 is 1.09 bits per heavy atom. The summed E-state index contributed by atoms with van der Waals surface area (Å²) in [5.74, 6) is -1.30. The smallest absolute Gasteiger partial charge is 0.343 e. The molecule has 0 radical (unpaired) electrons. The van der Waals surface area contributed by atoms with Crippen molar-refractivity contribution in [1.29, 1.82) is 0 Å². The molecule has 1 amide bonds. The third-order valence-corrected chi connectivity index (χ3v) is 12.9. The van der Waals surface area contributed by atoms with Crippen molar-refractivity contribution < 1.29 is 33.3 Å². The largest absolute Gasteiger partial charge is 0.467 e. The van der Waals surface area contributed by atoms with E-state index < -0.39 is 44.2 Å². The molecule has 1 fully saturated rings. The Labute approximate surface area is 262 Å². The van der Waals surface area contributed by atoms with E-state index >= 15 is 0 Å². The fourth-order valence-corrected chi connectivity index (χ4v) is 6.27. The number of methoxy groups -OCH3 is 1. The number of fused-ring (bicyclic) bond motifs is 1. The second-order valence-corrected chi connectivity index (χ2v) is 17.3. The SMILES string of the molecule is COC(=O)[C@]1(COCc2ccccc2)O[C@@H](n2cnc3nc[nH]c3c2=NC(=O)c2ccccc2)[C@H](O)[C@@H]1O[Si](C)(C)C(C)(C)C. The van der Waals surface area contributed by atoms with Crippen molar-refractivity contribution in [2.45, 2.75) is 69.5 Å². The third-order valence-electron chi connectivity index (χ3n) is 8.47. The molecule has 0 aliphatic carbocycles. The molecule has 2 N–H and O–H groups in total. The van der Waals surface area contributed by atoms with Crippen LogP contribution >= 0.6 is 0 Å². The number of aliphatic hydroxyl groups excluding tert-OH is 1. The molecule has 1 aliphatic heterocycles. The number of H-pyrrole nitrogens is 1. The van der Waals surface area contributed by atoms with E-state index in [0.29, 0.717) is 16.7 Å². The van der Waals surface area contributed by atoms with Gasteiger partial charge in [0.15, 0.2) is 25.7 Å². The molecular weight excluding hydrogens is 594 g/mol. The first kappa shape index (κ1) is 32.4. The normalized spacial score (nSPS) is 22.6. The Morgan fingerprint density at radius 3 is 2.40 bits per heavy atom. The number of benzene rings is 2. The highest BCUT2D eigenvalue weighted by Crippen LogP contribution is 2.45. The summed E-state index contributed by atoms with van der Waals surface area (Å²) in [7, 11) is -1.38. The van der Waals surface area contributed by atoms with Gasteiger partial charge in [0, 0.05) is 5.56 Å². The number of nitrogens with one attached hydrogen (secondary N) is 1. The first-order chi connectivity index (χ1) is 21.4. The fourth-order valence-electron chi connectivity index (χ4n) is 4.96. The molecule has 5 rings (SSSR count). The van der Waals surface area contributed by atoms with Crippen LogP contribution in [0.2, 0.25) is 18.1 Å². The monoisotopic (exact) mass is 633 g/mol. The van der Waals surface area contributed by atoms with Crippen molar-refractivity contribution in [3.8, 4) is 0 Å². The minimum absolute atomic E-state index is 0.104. The van der Waals surface area contributed by atoms with Gasteiger partial charge in [-0.15, -0.1) is 0 Å². The number of aliphatic hydroxyl groups is 1. The number of carbonyl (C=O) groups excluding carboxylic acids is 2. The highest BCUT2D eigenvalue weighted by molar-refractivity contribution is 6.74. The fraction of sp³-hybridized carbons (Fsp3) is 0.406. The average Bonchev–Trinajstić information content (AvgIpc) is 3.61. The van der Waals surface area contributed by atoms with Crippen LogP contribution in [0.15, 0.2) is 78.3 Å². The quantitative estimate of drug-likeness (QED) is 0.207. The molecule has 4 aromatic rings. The maximum Gasteiger partial charge on any atom is 0.343 e. The Hall–Kier alpha value is -4.01. The van der Waals surface area contributed by atoms with Gasteiger partial charge in [0.25, 0.3) is 5.91 Å². The predicted octanol–water partition coefficient (Wildman–Crippen LogP) is 3.91. The molecule has 4 atom stereocenters. The van der Waals surface area contributed by atoms with Crippen LogP contribution in [0.25, 0.3) is 11.2 Å². The van der Waals surface area contributed by atoms with Crippen molar-refractivity contribution in [2.24, 2.45) is 4.99 Å². The van der Waals surface area contributed by atoms with E-state index in [1.165, 1.54) is 24.3 Å². The topological polar surface area (TPSA) is 150 Å². The van der Waals surface area contributed by atoms with Gasteiger partial charge in [-0.05, 0) is 35.8 Å². The number of rotatable bonds is 9. The standard InChI is InChI=1S/C32H39N5O7Si/c1-31(2,3)45(5,6)44-25-24(38)29(43-32(25,30(40)41-4)18-42-17-21-13-9-7-10-14-21)37-20-35-26-23(33-19-34-26)27(37)36-28(39)22-15-11-8-12-16-22/h7-16,19-20,24-25,29,38H,17-18H2,1-6H3,(H,33,34)/t24-,25+,29-,32-/m1/s1. The zero-order valence-corrected chi connectivity index (χ0v) is 27.3. The molecule has 1 aliphatic rings. The molecular formula is C32H39N5O7Si. The molecule has 45 heavy (non-hydrogen) atoms. The number of esters is 1. The van der Waals surface area contributed by atoms with Crippen LogP contribution in [0.5, 0.6) is 0 Å². The van der Waals surface area contributed by atoms with Crippen LogP contribution in [-0.2, 0) is 30.0 Å². The first-order valence-electron chi connectivity index (χ1n) is 14.7. The van der Waals surface area contributed by atoms with E-state index in [0.717, 1.165) is 5.56 Å². The van der Waals surface area contributed by atoms with Gasteiger partial charge in [-0.2, -0.15) is 4.99 Å². The summed E-state index contributed by atoms with van der Waals surface area (Å²) >= 11 is 0. The van der Waals surface area contributed by atoms with Gasteiger partial charge in [0.2, 0.25) is 5.60 Å². The number of aromatic amines is 1. The Balaban J connectivity index is 1.63. The number of hydrogen-bond acceptors (Lipinski definition) is 9. The van der Waals surface area contributed by atoms with Gasteiger partial charge < -0.3 is 28.7 Å². The lowest BCUT2D eigenvalue weighted by Crippen LogP contribution is -2.59. The summed E-state index contributed by atoms with van der Waals surface area (Å²) < 4.78 is 26.1. The Bertz CT molecular complexity index is 1720. The number of ether oxygens (including phenoxy) is 3. The minimum Gasteiger partial charge on any atom is -0.467 e. The summed E-state index contributed by atoms with van der Waals surface area (Å²) in [5, 5.41) is 11.8. The van der Waals surface area contributed by atoms with E-state index in [2.05, 4.69) is 40.7 Å². The molecule has 2 aromatic carbocycles. The maximum atomic E-state index is 13.7. The molecule has 0 spiro atoms. The summed E-state index contributed by atoms with van der Waals surface area (Å²) in [5.41, 5.74) is 0.123. The van der Waals surface area contributed by atoms with Gasteiger partial charge in [-0.1, -0.05) is 69.3 Å². The summed E-state index contributed by atoms with van der Waals surface area (Å²) in [6, 6.07) is 18.1. The molecule has 13 heteroatoms. The van der Waals surface area contributed by atoms with Crippen LogP contribution in [0, 0.1) is 0 Å². The van der Waals surface area contributed by atoms with Crippen molar-refractivity contribution >= 4 is 31.4 Å². The lowest BCUT2D eigenvalue weighted by atomic mass is 9.96. The van der Waals surface area contributed by atoms with E-state index in [9.17, 15) is 14.7 Å². The van der Waals surface area contributed by atoms with Crippen molar-refractivity contribution in [3.63, 3.8) is 0 Å². The first-order valence-corrected chi connectivity index (χ1v) is 17.6. The number of amides is 1. The van der Waals surface area contributed by atoms with E-state index in [1.807, 2.05) is 43.4 Å². The second-order valence-electron chi connectivity index (χ2n) is 12.5. The van der Waals surface area contributed by atoms with E-state index in [-0.39, 0.29) is 23.7 Å². The summed E-state index contributed by atoms with van der Waals surface area (Å²) in [6.45, 7) is 10.1. The molecule has 0 bridgehead atoms. The lowest BCUT2D eigenvalue weighted by Gasteiger charge is -2.42. The van der Waals surface area contributed by atoms with Crippen molar-refractivity contribution in [1.82, 2.24) is 19.5 Å². The van der Waals surface area contributed by atoms with E-state index in [4.69, 9.17) is 18.6 Å². The predicted molar refractivity (Wildman–Crippen MR) is 167 cm³/mol. The number of carbonyl (C=O) groups is 2. The second kappa shape index (κ2) is 12.8. The highest BCUT2D eigenvalue weighted by Gasteiger charge is 2.64. The maximum absolute atomic E-state index is 13.7. The van der Waals surface area contributed by atoms with Crippen LogP contribution in [0.3, 0.4) is 0 Å². The lowest BCUT2D eigenvalue weighted by molar-refractivity contribution is -0.191. The average molecular weight is 634 g/mol. The van der Waals surface area contributed by atoms with Gasteiger partial charge in [-0.3, -0.25) is 9.36 Å². The Morgan fingerprint density at radius 2 is 1.76 bits per heavy atom. The molecule has 1 saturated heterocycles. The van der Waals surface area contributed by atoms with Crippen LogP contribution in [-0.4, -0.2) is 76.3 Å². The molecule has 0 unspecified atom stereocenters.